The molecule has 1 saturated carbocycles. The first kappa shape index (κ1) is 14.6. The molecular formula is C16H21NO3. The normalized spacial score (nSPS) is 16.9. The van der Waals surface area contributed by atoms with Gasteiger partial charge in [0.2, 0.25) is 5.91 Å². The van der Waals surface area contributed by atoms with E-state index in [1.807, 2.05) is 6.07 Å². The fourth-order valence-corrected chi connectivity index (χ4v) is 2.99. The average Bonchev–Trinajstić information content (AvgIpc) is 2.88. The summed E-state index contributed by atoms with van der Waals surface area (Å²) in [6.45, 7) is 2.06. The van der Waals surface area contributed by atoms with Gasteiger partial charge in [-0.3, -0.25) is 9.59 Å². The highest BCUT2D eigenvalue weighted by atomic mass is 16.4. The summed E-state index contributed by atoms with van der Waals surface area (Å²) in [5.74, 6) is -0.792. The van der Waals surface area contributed by atoms with Crippen LogP contribution in [0.3, 0.4) is 0 Å². The summed E-state index contributed by atoms with van der Waals surface area (Å²) in [5.41, 5.74) is 1.16. The number of anilines is 1. The van der Waals surface area contributed by atoms with E-state index in [1.165, 1.54) is 0 Å². The summed E-state index contributed by atoms with van der Waals surface area (Å²) in [6, 6.07) is 7.09. The second-order valence-corrected chi connectivity index (χ2v) is 5.57. The van der Waals surface area contributed by atoms with Crippen LogP contribution in [0.1, 0.15) is 44.6 Å². The van der Waals surface area contributed by atoms with Gasteiger partial charge in [-0.2, -0.15) is 0 Å². The van der Waals surface area contributed by atoms with Gasteiger partial charge in [0.05, 0.1) is 6.42 Å². The molecule has 1 amide bonds. The highest BCUT2D eigenvalue weighted by Crippen LogP contribution is 2.41. The van der Waals surface area contributed by atoms with Crippen molar-refractivity contribution in [3.8, 4) is 0 Å². The Morgan fingerprint density at radius 3 is 2.60 bits per heavy atom. The van der Waals surface area contributed by atoms with Crippen LogP contribution in [0.4, 0.5) is 5.69 Å². The third-order valence-corrected chi connectivity index (χ3v) is 4.26. The first-order valence-corrected chi connectivity index (χ1v) is 7.18. The van der Waals surface area contributed by atoms with Crippen LogP contribution >= 0.6 is 0 Å². The van der Waals surface area contributed by atoms with E-state index in [2.05, 4.69) is 12.2 Å². The predicted molar refractivity (Wildman–Crippen MR) is 77.6 cm³/mol. The number of hydrogen-bond donors (Lipinski definition) is 2. The minimum atomic E-state index is -0.866. The van der Waals surface area contributed by atoms with E-state index in [4.69, 9.17) is 5.11 Å². The molecule has 0 aliphatic heterocycles. The molecule has 4 heteroatoms. The second-order valence-electron chi connectivity index (χ2n) is 5.57. The SMILES string of the molecule is CCC1(C(=O)Nc2cccc(CC(=O)O)c2)CCCC1. The molecule has 108 valence electrons. The third-order valence-electron chi connectivity index (χ3n) is 4.26. The number of carbonyl (C=O) groups is 2. The Kier molecular flexibility index (Phi) is 4.42. The number of carboxylic acid groups (broad SMARTS) is 1. The van der Waals surface area contributed by atoms with Crippen LogP contribution in [0.15, 0.2) is 24.3 Å². The molecule has 1 aliphatic carbocycles. The zero-order valence-electron chi connectivity index (χ0n) is 11.8. The Hall–Kier alpha value is -1.84. The van der Waals surface area contributed by atoms with E-state index in [-0.39, 0.29) is 17.7 Å². The molecule has 0 bridgehead atoms. The van der Waals surface area contributed by atoms with Gasteiger partial charge in [-0.15, -0.1) is 0 Å². The Labute approximate surface area is 119 Å². The Bertz CT molecular complexity index is 504. The van der Waals surface area contributed by atoms with Gasteiger partial charge in [0.15, 0.2) is 0 Å². The van der Waals surface area contributed by atoms with Crippen molar-refractivity contribution in [1.82, 2.24) is 0 Å². The van der Waals surface area contributed by atoms with E-state index in [1.54, 1.807) is 18.2 Å². The van der Waals surface area contributed by atoms with Crippen LogP contribution < -0.4 is 5.32 Å². The summed E-state index contributed by atoms with van der Waals surface area (Å²) in [4.78, 5) is 23.2. The van der Waals surface area contributed by atoms with Gasteiger partial charge in [-0.05, 0) is 37.0 Å². The molecule has 1 aromatic rings. The summed E-state index contributed by atoms with van der Waals surface area (Å²) >= 11 is 0. The van der Waals surface area contributed by atoms with Crippen molar-refractivity contribution >= 4 is 17.6 Å². The summed E-state index contributed by atoms with van der Waals surface area (Å²) in [6.07, 6.45) is 4.95. The number of nitrogens with one attached hydrogen (secondary N) is 1. The lowest BCUT2D eigenvalue weighted by Gasteiger charge is -2.26. The van der Waals surface area contributed by atoms with Gasteiger partial charge in [-0.1, -0.05) is 31.9 Å². The largest absolute Gasteiger partial charge is 0.481 e. The van der Waals surface area contributed by atoms with E-state index in [0.29, 0.717) is 11.3 Å². The molecule has 0 radical (unpaired) electrons. The molecule has 0 saturated heterocycles. The monoisotopic (exact) mass is 275 g/mol. The number of aliphatic carboxylic acids is 1. The molecule has 20 heavy (non-hydrogen) atoms. The first-order chi connectivity index (χ1) is 9.55. The minimum absolute atomic E-state index is 0.0252. The average molecular weight is 275 g/mol. The van der Waals surface area contributed by atoms with Crippen LogP contribution in [-0.4, -0.2) is 17.0 Å². The van der Waals surface area contributed by atoms with Crippen molar-refractivity contribution in [1.29, 1.82) is 0 Å². The molecule has 2 N–H and O–H groups in total. The molecule has 2 rings (SSSR count). The summed E-state index contributed by atoms with van der Waals surface area (Å²) in [7, 11) is 0. The Morgan fingerprint density at radius 2 is 2.00 bits per heavy atom. The molecule has 0 spiro atoms. The number of carbonyl (C=O) groups excluding carboxylic acids is 1. The van der Waals surface area contributed by atoms with Crippen LogP contribution in [0.25, 0.3) is 0 Å². The lowest BCUT2D eigenvalue weighted by Crippen LogP contribution is -2.33. The van der Waals surface area contributed by atoms with Gasteiger partial charge in [-0.25, -0.2) is 0 Å². The van der Waals surface area contributed by atoms with Crippen molar-refractivity contribution < 1.29 is 14.7 Å². The van der Waals surface area contributed by atoms with Crippen LogP contribution in [0.2, 0.25) is 0 Å². The molecule has 0 aromatic heterocycles. The molecule has 1 aromatic carbocycles. The maximum Gasteiger partial charge on any atom is 0.307 e. The van der Waals surface area contributed by atoms with Crippen molar-refractivity contribution in [2.75, 3.05) is 5.32 Å². The number of carboxylic acids is 1. The van der Waals surface area contributed by atoms with Crippen molar-refractivity contribution in [3.05, 3.63) is 29.8 Å². The van der Waals surface area contributed by atoms with Crippen LogP contribution in [0.5, 0.6) is 0 Å². The fourth-order valence-electron chi connectivity index (χ4n) is 2.99. The van der Waals surface area contributed by atoms with Gasteiger partial charge in [0.1, 0.15) is 0 Å². The Balaban J connectivity index is 2.09. The van der Waals surface area contributed by atoms with Gasteiger partial charge < -0.3 is 10.4 Å². The van der Waals surface area contributed by atoms with Gasteiger partial charge in [0.25, 0.3) is 0 Å². The van der Waals surface area contributed by atoms with Gasteiger partial charge >= 0.3 is 5.97 Å². The zero-order chi connectivity index (χ0) is 14.6. The maximum absolute atomic E-state index is 12.5. The van der Waals surface area contributed by atoms with E-state index in [9.17, 15) is 9.59 Å². The van der Waals surface area contributed by atoms with Crippen LogP contribution in [0, 0.1) is 5.41 Å². The smallest absolute Gasteiger partial charge is 0.307 e. The molecule has 0 unspecified atom stereocenters. The maximum atomic E-state index is 12.5. The van der Waals surface area contributed by atoms with E-state index >= 15 is 0 Å². The number of hydrogen-bond acceptors (Lipinski definition) is 2. The van der Waals surface area contributed by atoms with E-state index in [0.717, 1.165) is 32.1 Å². The van der Waals surface area contributed by atoms with Crippen molar-refractivity contribution in [2.45, 2.75) is 45.4 Å². The molecule has 1 aliphatic rings. The van der Waals surface area contributed by atoms with E-state index < -0.39 is 5.97 Å². The third kappa shape index (κ3) is 3.18. The van der Waals surface area contributed by atoms with Crippen molar-refractivity contribution in [3.63, 3.8) is 0 Å². The summed E-state index contributed by atoms with van der Waals surface area (Å²) in [5, 5.41) is 11.8. The number of benzene rings is 1. The topological polar surface area (TPSA) is 66.4 Å². The van der Waals surface area contributed by atoms with Crippen molar-refractivity contribution in [2.24, 2.45) is 5.41 Å². The Morgan fingerprint density at radius 1 is 1.30 bits per heavy atom. The molecule has 0 atom stereocenters. The van der Waals surface area contributed by atoms with Gasteiger partial charge in [0, 0.05) is 11.1 Å². The fraction of sp³-hybridized carbons (Fsp3) is 0.500. The molecule has 1 fully saturated rings. The predicted octanol–water partition coefficient (Wildman–Crippen LogP) is 3.22. The first-order valence-electron chi connectivity index (χ1n) is 7.18. The minimum Gasteiger partial charge on any atom is -0.481 e. The number of amides is 1. The standard InChI is InChI=1S/C16H21NO3/c1-2-16(8-3-4-9-16)15(20)17-13-7-5-6-12(10-13)11-14(18)19/h5-7,10H,2-4,8-9,11H2,1H3,(H,17,20)(H,18,19). The zero-order valence-corrected chi connectivity index (χ0v) is 11.8. The highest BCUT2D eigenvalue weighted by molar-refractivity contribution is 5.95. The number of rotatable bonds is 5. The molecule has 0 heterocycles. The highest BCUT2D eigenvalue weighted by Gasteiger charge is 2.39. The lowest BCUT2D eigenvalue weighted by molar-refractivity contribution is -0.136. The molecular weight excluding hydrogens is 254 g/mol. The quantitative estimate of drug-likeness (QED) is 0.867. The summed E-state index contributed by atoms with van der Waals surface area (Å²) < 4.78 is 0. The lowest BCUT2D eigenvalue weighted by atomic mass is 9.82. The molecule has 4 nitrogen and oxygen atoms in total. The second kappa shape index (κ2) is 6.07. The van der Waals surface area contributed by atoms with Crippen LogP contribution in [-0.2, 0) is 16.0 Å².